The fourth-order valence-corrected chi connectivity index (χ4v) is 4.45. The minimum Gasteiger partial charge on any atom is -0.376 e. The Kier molecular flexibility index (Phi) is 5.16. The van der Waals surface area contributed by atoms with E-state index in [0.29, 0.717) is 38.5 Å². The van der Waals surface area contributed by atoms with Gasteiger partial charge in [0.05, 0.1) is 29.2 Å². The average Bonchev–Trinajstić information content (AvgIpc) is 3.32. The summed E-state index contributed by atoms with van der Waals surface area (Å²) in [6.45, 7) is 2.94. The second kappa shape index (κ2) is 7.76. The highest BCUT2D eigenvalue weighted by molar-refractivity contribution is 7.20. The molecular formula is C20H20N4O4S. The summed E-state index contributed by atoms with van der Waals surface area (Å²) in [4.78, 5) is 42.2. The highest BCUT2D eigenvalue weighted by Crippen LogP contribution is 2.28. The molecular weight excluding hydrogens is 392 g/mol. The normalized spacial score (nSPS) is 16.2. The van der Waals surface area contributed by atoms with Crippen LogP contribution in [0, 0.1) is 6.92 Å². The smallest absolute Gasteiger partial charge is 0.266 e. The van der Waals surface area contributed by atoms with Crippen molar-refractivity contribution >= 4 is 39.1 Å². The molecule has 9 heteroatoms. The summed E-state index contributed by atoms with van der Waals surface area (Å²) in [5, 5.41) is 3.24. The van der Waals surface area contributed by atoms with Crippen molar-refractivity contribution < 1.29 is 14.3 Å². The van der Waals surface area contributed by atoms with Crippen molar-refractivity contribution in [2.24, 2.45) is 5.73 Å². The molecule has 1 aliphatic heterocycles. The van der Waals surface area contributed by atoms with E-state index >= 15 is 0 Å². The first kappa shape index (κ1) is 19.3. The van der Waals surface area contributed by atoms with Crippen LogP contribution in [0.3, 0.4) is 0 Å². The van der Waals surface area contributed by atoms with Crippen molar-refractivity contribution in [1.29, 1.82) is 0 Å². The number of carbonyl (C=O) groups excluding carboxylic acids is 2. The van der Waals surface area contributed by atoms with Crippen LogP contribution in [0.15, 0.2) is 35.4 Å². The summed E-state index contributed by atoms with van der Waals surface area (Å²) in [5.74, 6) is -0.865. The number of aromatic nitrogens is 2. The number of anilines is 1. The molecule has 0 aliphatic carbocycles. The molecule has 3 N–H and O–H groups in total. The molecule has 1 aliphatic rings. The van der Waals surface area contributed by atoms with Gasteiger partial charge in [0.2, 0.25) is 5.91 Å². The number of hydrogen-bond donors (Lipinski definition) is 2. The summed E-state index contributed by atoms with van der Waals surface area (Å²) >= 11 is 1.18. The molecule has 2 aromatic heterocycles. The van der Waals surface area contributed by atoms with E-state index in [9.17, 15) is 14.4 Å². The lowest BCUT2D eigenvalue weighted by atomic mass is 10.2. The van der Waals surface area contributed by atoms with Crippen LogP contribution >= 0.6 is 11.3 Å². The molecule has 0 radical (unpaired) electrons. The number of ether oxygens (including phenoxy) is 1. The van der Waals surface area contributed by atoms with Gasteiger partial charge in [0.15, 0.2) is 0 Å². The van der Waals surface area contributed by atoms with Gasteiger partial charge in [-0.25, -0.2) is 4.98 Å². The van der Waals surface area contributed by atoms with Gasteiger partial charge in [0.25, 0.3) is 11.5 Å². The summed E-state index contributed by atoms with van der Waals surface area (Å²) in [7, 11) is 0. The first-order valence-corrected chi connectivity index (χ1v) is 10.1. The highest BCUT2D eigenvalue weighted by atomic mass is 32.1. The van der Waals surface area contributed by atoms with Crippen molar-refractivity contribution in [2.45, 2.75) is 32.4 Å². The third-order valence-electron chi connectivity index (χ3n) is 4.98. The minimum absolute atomic E-state index is 0.0250. The number of nitrogens with one attached hydrogen (secondary N) is 1. The molecule has 1 saturated heterocycles. The predicted octanol–water partition coefficient (Wildman–Crippen LogP) is 2.30. The first-order valence-electron chi connectivity index (χ1n) is 9.25. The minimum atomic E-state index is -0.534. The number of amides is 2. The SMILES string of the molecule is Cc1c(C(=O)Nc2ccc(C(N)=O)cc2)sc2ncn(CC3CCCO3)c(=O)c12. The molecule has 150 valence electrons. The monoisotopic (exact) mass is 412 g/mol. The maximum Gasteiger partial charge on any atom is 0.266 e. The average molecular weight is 412 g/mol. The van der Waals surface area contributed by atoms with Crippen molar-refractivity contribution in [3.63, 3.8) is 0 Å². The molecule has 0 spiro atoms. The molecule has 1 atom stereocenters. The Morgan fingerprint density at radius 3 is 2.76 bits per heavy atom. The van der Waals surface area contributed by atoms with Crippen molar-refractivity contribution in [1.82, 2.24) is 9.55 Å². The Hall–Kier alpha value is -3.04. The Balaban J connectivity index is 1.61. The van der Waals surface area contributed by atoms with Gasteiger partial charge < -0.3 is 15.8 Å². The Labute approximate surface area is 170 Å². The number of rotatable bonds is 5. The number of fused-ring (bicyclic) bond motifs is 1. The van der Waals surface area contributed by atoms with Crippen LogP contribution in [0.5, 0.6) is 0 Å². The van der Waals surface area contributed by atoms with E-state index in [1.165, 1.54) is 17.7 Å². The van der Waals surface area contributed by atoms with Gasteiger partial charge in [-0.1, -0.05) is 0 Å². The van der Waals surface area contributed by atoms with Crippen molar-refractivity contribution in [2.75, 3.05) is 11.9 Å². The van der Waals surface area contributed by atoms with Crippen LogP contribution in [0.2, 0.25) is 0 Å². The Morgan fingerprint density at radius 2 is 2.10 bits per heavy atom. The van der Waals surface area contributed by atoms with E-state index in [-0.39, 0.29) is 17.6 Å². The number of nitrogens with two attached hydrogens (primary N) is 1. The number of benzene rings is 1. The molecule has 4 rings (SSSR count). The summed E-state index contributed by atoms with van der Waals surface area (Å²) in [6.07, 6.45) is 3.47. The quantitative estimate of drug-likeness (QED) is 0.667. The Morgan fingerprint density at radius 1 is 1.34 bits per heavy atom. The van der Waals surface area contributed by atoms with Crippen LogP contribution in [0.1, 0.15) is 38.4 Å². The number of primary amides is 1. The largest absolute Gasteiger partial charge is 0.376 e. The predicted molar refractivity (Wildman–Crippen MR) is 111 cm³/mol. The van der Waals surface area contributed by atoms with Gasteiger partial charge in [-0.2, -0.15) is 0 Å². The van der Waals surface area contributed by atoms with Crippen LogP contribution in [0.4, 0.5) is 5.69 Å². The topological polar surface area (TPSA) is 116 Å². The second-order valence-corrected chi connectivity index (χ2v) is 7.97. The second-order valence-electron chi connectivity index (χ2n) is 6.97. The molecule has 1 fully saturated rings. The van der Waals surface area contributed by atoms with Crippen molar-refractivity contribution in [3.8, 4) is 0 Å². The van der Waals surface area contributed by atoms with E-state index in [4.69, 9.17) is 10.5 Å². The lowest BCUT2D eigenvalue weighted by Crippen LogP contribution is -2.26. The summed E-state index contributed by atoms with van der Waals surface area (Å²) < 4.78 is 7.17. The molecule has 0 saturated carbocycles. The van der Waals surface area contributed by atoms with E-state index < -0.39 is 5.91 Å². The molecule has 0 bridgehead atoms. The van der Waals surface area contributed by atoms with Gasteiger partial charge in [-0.3, -0.25) is 19.0 Å². The van der Waals surface area contributed by atoms with Crippen LogP contribution in [-0.4, -0.2) is 34.1 Å². The molecule has 8 nitrogen and oxygen atoms in total. The van der Waals surface area contributed by atoms with Gasteiger partial charge in [0.1, 0.15) is 4.83 Å². The molecule has 1 aromatic carbocycles. The van der Waals surface area contributed by atoms with E-state index in [1.807, 2.05) is 0 Å². The summed E-state index contributed by atoms with van der Waals surface area (Å²) in [6, 6.07) is 6.29. The maximum absolute atomic E-state index is 12.9. The number of aryl methyl sites for hydroxylation is 1. The number of carbonyl (C=O) groups is 2. The molecule has 3 aromatic rings. The number of thiophene rings is 1. The lowest BCUT2D eigenvalue weighted by molar-refractivity contribution is 0.0960. The highest BCUT2D eigenvalue weighted by Gasteiger charge is 2.22. The fraction of sp³-hybridized carbons (Fsp3) is 0.300. The van der Waals surface area contributed by atoms with E-state index in [1.54, 1.807) is 35.8 Å². The van der Waals surface area contributed by atoms with Gasteiger partial charge in [0, 0.05) is 17.9 Å². The van der Waals surface area contributed by atoms with Gasteiger partial charge in [-0.05, 0) is 49.6 Å². The van der Waals surface area contributed by atoms with Gasteiger partial charge >= 0.3 is 0 Å². The van der Waals surface area contributed by atoms with Crippen molar-refractivity contribution in [3.05, 3.63) is 57.0 Å². The molecule has 2 amide bonds. The zero-order valence-corrected chi connectivity index (χ0v) is 16.6. The molecule has 3 heterocycles. The van der Waals surface area contributed by atoms with Crippen LogP contribution in [0.25, 0.3) is 10.2 Å². The lowest BCUT2D eigenvalue weighted by Gasteiger charge is -2.11. The van der Waals surface area contributed by atoms with Gasteiger partial charge in [-0.15, -0.1) is 11.3 Å². The molecule has 29 heavy (non-hydrogen) atoms. The zero-order chi connectivity index (χ0) is 20.5. The zero-order valence-electron chi connectivity index (χ0n) is 15.8. The first-order chi connectivity index (χ1) is 13.9. The third-order valence-corrected chi connectivity index (χ3v) is 6.17. The number of hydrogen-bond acceptors (Lipinski definition) is 6. The standard InChI is InChI=1S/C20H20N4O4S/c1-11-15-19(22-10-24(20(15)27)9-14-3-2-8-28-14)29-16(11)18(26)23-13-6-4-12(5-7-13)17(21)25/h4-7,10,14H,2-3,8-9H2,1H3,(H2,21,25)(H,23,26). The summed E-state index contributed by atoms with van der Waals surface area (Å²) in [5.41, 5.74) is 6.56. The molecule has 1 unspecified atom stereocenters. The fourth-order valence-electron chi connectivity index (χ4n) is 3.42. The van der Waals surface area contributed by atoms with E-state index in [2.05, 4.69) is 10.3 Å². The van der Waals surface area contributed by atoms with Crippen LogP contribution in [-0.2, 0) is 11.3 Å². The van der Waals surface area contributed by atoms with E-state index in [0.717, 1.165) is 19.4 Å². The Bertz CT molecular complexity index is 1140. The maximum atomic E-state index is 12.9. The van der Waals surface area contributed by atoms with Crippen LogP contribution < -0.4 is 16.6 Å². The number of nitrogens with zero attached hydrogens (tertiary/aromatic N) is 2. The third kappa shape index (κ3) is 3.79.